The largest absolute Gasteiger partial charge is 0.315 e. The highest BCUT2D eigenvalue weighted by Crippen LogP contribution is 2.35. The van der Waals surface area contributed by atoms with Crippen LogP contribution >= 0.6 is 11.3 Å². The molecule has 0 atom stereocenters. The molecule has 0 saturated heterocycles. The zero-order valence-electron chi connectivity index (χ0n) is 10.3. The van der Waals surface area contributed by atoms with Crippen LogP contribution in [-0.4, -0.2) is 37.6 Å². The van der Waals surface area contributed by atoms with Crippen molar-refractivity contribution in [1.82, 2.24) is 10.2 Å². The van der Waals surface area contributed by atoms with Gasteiger partial charge < -0.3 is 10.2 Å². The van der Waals surface area contributed by atoms with Gasteiger partial charge in [0.2, 0.25) is 0 Å². The van der Waals surface area contributed by atoms with E-state index < -0.39 is 0 Å². The van der Waals surface area contributed by atoms with E-state index >= 15 is 0 Å². The van der Waals surface area contributed by atoms with Gasteiger partial charge in [0.15, 0.2) is 0 Å². The zero-order valence-corrected chi connectivity index (χ0v) is 11.1. The van der Waals surface area contributed by atoms with Crippen LogP contribution in [0.25, 0.3) is 0 Å². The van der Waals surface area contributed by atoms with E-state index in [9.17, 15) is 0 Å². The third kappa shape index (κ3) is 2.65. The molecule has 1 heterocycles. The molecule has 1 aromatic heterocycles. The lowest BCUT2D eigenvalue weighted by atomic mass is 9.75. The molecule has 2 nitrogen and oxygen atoms in total. The summed E-state index contributed by atoms with van der Waals surface area (Å²) >= 11 is 1.79. The van der Waals surface area contributed by atoms with Crippen LogP contribution in [0.3, 0.4) is 0 Å². The summed E-state index contributed by atoms with van der Waals surface area (Å²) in [7, 11) is 4.42. The van der Waals surface area contributed by atoms with Crippen molar-refractivity contribution < 1.29 is 0 Å². The molecule has 1 saturated carbocycles. The van der Waals surface area contributed by atoms with E-state index in [2.05, 4.69) is 41.1 Å². The van der Waals surface area contributed by atoms with Gasteiger partial charge in [-0.1, -0.05) is 0 Å². The highest BCUT2D eigenvalue weighted by Gasteiger charge is 2.38. The third-order valence-corrected chi connectivity index (χ3v) is 4.59. The van der Waals surface area contributed by atoms with E-state index in [-0.39, 0.29) is 0 Å². The molecule has 16 heavy (non-hydrogen) atoms. The predicted octanol–water partition coefficient (Wildman–Crippen LogP) is 2.36. The Morgan fingerprint density at radius 3 is 2.75 bits per heavy atom. The Hall–Kier alpha value is -0.380. The summed E-state index contributed by atoms with van der Waals surface area (Å²) < 4.78 is 0. The molecule has 0 radical (unpaired) electrons. The predicted molar refractivity (Wildman–Crippen MR) is 71.2 cm³/mol. The van der Waals surface area contributed by atoms with E-state index in [1.54, 1.807) is 11.3 Å². The summed E-state index contributed by atoms with van der Waals surface area (Å²) in [6.45, 7) is 2.25. The van der Waals surface area contributed by atoms with E-state index in [1.165, 1.54) is 24.8 Å². The number of thiophene rings is 1. The van der Waals surface area contributed by atoms with Crippen LogP contribution in [0.1, 0.15) is 24.8 Å². The normalized spacial score (nSPS) is 18.7. The first-order chi connectivity index (χ1) is 7.73. The molecule has 1 N–H and O–H groups in total. The monoisotopic (exact) mass is 238 g/mol. The van der Waals surface area contributed by atoms with Gasteiger partial charge in [-0.3, -0.25) is 0 Å². The number of nitrogens with zero attached hydrogens (tertiary/aromatic N) is 1. The smallest absolute Gasteiger partial charge is 0.0327 e. The molecule has 3 heteroatoms. The first-order valence-electron chi connectivity index (χ1n) is 6.12. The molecule has 90 valence electrons. The minimum absolute atomic E-state index is 0.453. The van der Waals surface area contributed by atoms with Crippen LogP contribution in [0, 0.1) is 0 Å². The SMILES string of the molecule is CN(C)C1(CNCCc2ccsc2)CCC1. The summed E-state index contributed by atoms with van der Waals surface area (Å²) in [6.07, 6.45) is 5.26. The van der Waals surface area contributed by atoms with Gasteiger partial charge >= 0.3 is 0 Å². The average Bonchev–Trinajstić information content (AvgIpc) is 2.67. The fourth-order valence-electron chi connectivity index (χ4n) is 2.36. The fraction of sp³-hybridized carbons (Fsp3) is 0.692. The van der Waals surface area contributed by atoms with E-state index in [0.29, 0.717) is 5.54 Å². The average molecular weight is 238 g/mol. The Balaban J connectivity index is 1.67. The van der Waals surface area contributed by atoms with Crippen molar-refractivity contribution >= 4 is 11.3 Å². The van der Waals surface area contributed by atoms with E-state index in [0.717, 1.165) is 19.5 Å². The summed E-state index contributed by atoms with van der Waals surface area (Å²) in [6, 6.07) is 2.22. The second kappa shape index (κ2) is 5.30. The summed E-state index contributed by atoms with van der Waals surface area (Å²) in [5.41, 5.74) is 1.92. The lowest BCUT2D eigenvalue weighted by Gasteiger charge is -2.47. The van der Waals surface area contributed by atoms with Gasteiger partial charge in [0.1, 0.15) is 0 Å². The molecule has 1 aliphatic rings. The quantitative estimate of drug-likeness (QED) is 0.765. The van der Waals surface area contributed by atoms with Gasteiger partial charge in [-0.2, -0.15) is 11.3 Å². The molecule has 1 aliphatic carbocycles. The number of nitrogens with one attached hydrogen (secondary N) is 1. The number of likely N-dealkylation sites (N-methyl/N-ethyl adjacent to an activating group) is 1. The highest BCUT2D eigenvalue weighted by atomic mass is 32.1. The van der Waals surface area contributed by atoms with Crippen molar-refractivity contribution in [3.8, 4) is 0 Å². The number of rotatable bonds is 6. The Morgan fingerprint density at radius 2 is 2.25 bits per heavy atom. The Labute approximate surface area is 103 Å². The number of hydrogen-bond donors (Lipinski definition) is 1. The minimum Gasteiger partial charge on any atom is -0.315 e. The molecule has 0 bridgehead atoms. The minimum atomic E-state index is 0.453. The summed E-state index contributed by atoms with van der Waals surface area (Å²) in [5.74, 6) is 0. The van der Waals surface area contributed by atoms with Crippen molar-refractivity contribution in [2.75, 3.05) is 27.2 Å². The topological polar surface area (TPSA) is 15.3 Å². The zero-order chi connectivity index (χ0) is 11.4. The number of hydrogen-bond acceptors (Lipinski definition) is 3. The summed E-state index contributed by atoms with van der Waals surface area (Å²) in [5, 5.41) is 8.01. The first kappa shape index (κ1) is 12.1. The van der Waals surface area contributed by atoms with Crippen molar-refractivity contribution in [2.24, 2.45) is 0 Å². The van der Waals surface area contributed by atoms with Gasteiger partial charge in [0.25, 0.3) is 0 Å². The van der Waals surface area contributed by atoms with Crippen molar-refractivity contribution in [3.63, 3.8) is 0 Å². The highest BCUT2D eigenvalue weighted by molar-refractivity contribution is 7.07. The third-order valence-electron chi connectivity index (χ3n) is 3.86. The molecule has 1 aromatic rings. The molecule has 0 spiro atoms. The molecular weight excluding hydrogens is 216 g/mol. The lowest BCUT2D eigenvalue weighted by molar-refractivity contribution is 0.0604. The van der Waals surface area contributed by atoms with Crippen LogP contribution in [0.5, 0.6) is 0 Å². The van der Waals surface area contributed by atoms with Crippen LogP contribution in [-0.2, 0) is 6.42 Å². The van der Waals surface area contributed by atoms with Crippen molar-refractivity contribution in [3.05, 3.63) is 22.4 Å². The van der Waals surface area contributed by atoms with E-state index in [4.69, 9.17) is 0 Å². The molecule has 0 amide bonds. The van der Waals surface area contributed by atoms with Crippen LogP contribution in [0.2, 0.25) is 0 Å². The van der Waals surface area contributed by atoms with Gasteiger partial charge in [-0.15, -0.1) is 0 Å². The molecule has 2 rings (SSSR count). The summed E-state index contributed by atoms with van der Waals surface area (Å²) in [4.78, 5) is 2.40. The standard InChI is InChI=1S/C13H22N2S/c1-15(2)13(6-3-7-13)11-14-8-4-12-5-9-16-10-12/h5,9-10,14H,3-4,6-8,11H2,1-2H3. The van der Waals surface area contributed by atoms with E-state index in [1.807, 2.05) is 0 Å². The second-order valence-electron chi connectivity index (χ2n) is 5.03. The fourth-order valence-corrected chi connectivity index (χ4v) is 3.06. The molecule has 0 unspecified atom stereocenters. The maximum absolute atomic E-state index is 3.61. The lowest BCUT2D eigenvalue weighted by Crippen LogP contribution is -2.56. The Morgan fingerprint density at radius 1 is 1.44 bits per heavy atom. The van der Waals surface area contributed by atoms with Crippen LogP contribution < -0.4 is 5.32 Å². The van der Waals surface area contributed by atoms with Crippen molar-refractivity contribution in [2.45, 2.75) is 31.2 Å². The molecule has 0 aliphatic heterocycles. The molecule has 0 aromatic carbocycles. The van der Waals surface area contributed by atoms with Crippen molar-refractivity contribution in [1.29, 1.82) is 0 Å². The Kier molecular flexibility index (Phi) is 4.00. The van der Waals surface area contributed by atoms with Gasteiger partial charge in [-0.05, 0) is 68.7 Å². The Bertz CT molecular complexity index is 302. The second-order valence-corrected chi connectivity index (χ2v) is 5.81. The molecular formula is C13H22N2S. The van der Waals surface area contributed by atoms with Gasteiger partial charge in [0.05, 0.1) is 0 Å². The van der Waals surface area contributed by atoms with Gasteiger partial charge in [0, 0.05) is 12.1 Å². The maximum atomic E-state index is 3.61. The first-order valence-corrected chi connectivity index (χ1v) is 7.06. The van der Waals surface area contributed by atoms with Gasteiger partial charge in [-0.25, -0.2) is 0 Å². The van der Waals surface area contributed by atoms with Crippen LogP contribution in [0.15, 0.2) is 16.8 Å². The molecule has 1 fully saturated rings. The van der Waals surface area contributed by atoms with Crippen LogP contribution in [0.4, 0.5) is 0 Å². The maximum Gasteiger partial charge on any atom is 0.0327 e.